The fourth-order valence-corrected chi connectivity index (χ4v) is 2.29. The number of halogens is 1. The number of rotatable bonds is 5. The lowest BCUT2D eigenvalue weighted by molar-refractivity contribution is 0.281. The Kier molecular flexibility index (Phi) is 5.17. The van der Waals surface area contributed by atoms with Gasteiger partial charge in [-0.1, -0.05) is 40.2 Å². The van der Waals surface area contributed by atoms with Crippen molar-refractivity contribution in [3.8, 4) is 5.75 Å². The number of aliphatic hydroxyl groups is 1. The Labute approximate surface area is 127 Å². The van der Waals surface area contributed by atoms with Gasteiger partial charge in [0.2, 0.25) is 0 Å². The third-order valence-corrected chi connectivity index (χ3v) is 3.56. The number of aliphatic hydroxyl groups excluding tert-OH is 1. The largest absolute Gasteiger partial charge is 0.489 e. The number of ether oxygens (including phenoxy) is 1. The van der Waals surface area contributed by atoms with E-state index in [1.54, 1.807) is 0 Å². The molecule has 20 heavy (non-hydrogen) atoms. The van der Waals surface area contributed by atoms with E-state index < -0.39 is 0 Å². The van der Waals surface area contributed by atoms with Crippen molar-refractivity contribution in [2.24, 2.45) is 5.73 Å². The summed E-state index contributed by atoms with van der Waals surface area (Å²) < 4.78 is 6.84. The Morgan fingerprint density at radius 3 is 2.40 bits per heavy atom. The third kappa shape index (κ3) is 3.82. The first-order valence-electron chi connectivity index (χ1n) is 6.46. The molecule has 0 amide bonds. The molecule has 2 rings (SSSR count). The summed E-state index contributed by atoms with van der Waals surface area (Å²) in [5, 5.41) is 9.01. The summed E-state index contributed by atoms with van der Waals surface area (Å²) in [5.41, 5.74) is 8.89. The molecule has 0 saturated carbocycles. The average Bonchev–Trinajstić information content (AvgIpc) is 2.46. The summed E-state index contributed by atoms with van der Waals surface area (Å²) in [7, 11) is 0. The Hall–Kier alpha value is -1.36. The molecule has 0 bridgehead atoms. The Morgan fingerprint density at radius 2 is 1.80 bits per heavy atom. The quantitative estimate of drug-likeness (QED) is 0.878. The molecule has 0 aliphatic rings. The monoisotopic (exact) mass is 335 g/mol. The first-order chi connectivity index (χ1) is 9.60. The lowest BCUT2D eigenvalue weighted by atomic mass is 10.1. The molecule has 0 aromatic heterocycles. The summed E-state index contributed by atoms with van der Waals surface area (Å²) in [6.45, 7) is 2.47. The third-order valence-electron chi connectivity index (χ3n) is 3.06. The molecule has 2 aromatic rings. The topological polar surface area (TPSA) is 55.5 Å². The van der Waals surface area contributed by atoms with Crippen molar-refractivity contribution in [3.63, 3.8) is 0 Å². The molecule has 4 heteroatoms. The summed E-state index contributed by atoms with van der Waals surface area (Å²) >= 11 is 3.44. The van der Waals surface area contributed by atoms with Crippen molar-refractivity contribution in [3.05, 3.63) is 63.6 Å². The number of nitrogens with two attached hydrogens (primary N) is 1. The zero-order chi connectivity index (χ0) is 14.5. The molecule has 0 radical (unpaired) electrons. The summed E-state index contributed by atoms with van der Waals surface area (Å²) in [4.78, 5) is 0. The minimum atomic E-state index is -0.0840. The van der Waals surface area contributed by atoms with Crippen LogP contribution in [0, 0.1) is 0 Å². The van der Waals surface area contributed by atoms with Gasteiger partial charge in [0, 0.05) is 16.1 Å². The first-order valence-corrected chi connectivity index (χ1v) is 7.26. The molecule has 0 aliphatic carbocycles. The van der Waals surface area contributed by atoms with Crippen LogP contribution in [0.5, 0.6) is 5.75 Å². The van der Waals surface area contributed by atoms with E-state index in [1.807, 2.05) is 49.4 Å². The van der Waals surface area contributed by atoms with Crippen molar-refractivity contribution < 1.29 is 9.84 Å². The molecule has 0 saturated heterocycles. The highest BCUT2D eigenvalue weighted by atomic mass is 79.9. The van der Waals surface area contributed by atoms with Gasteiger partial charge in [-0.15, -0.1) is 0 Å². The summed E-state index contributed by atoms with van der Waals surface area (Å²) in [5.74, 6) is 0.800. The van der Waals surface area contributed by atoms with Crippen LogP contribution in [-0.4, -0.2) is 5.11 Å². The van der Waals surface area contributed by atoms with Crippen LogP contribution in [0.25, 0.3) is 0 Å². The van der Waals surface area contributed by atoms with E-state index in [9.17, 15) is 0 Å². The molecule has 2 aromatic carbocycles. The highest BCUT2D eigenvalue weighted by molar-refractivity contribution is 9.10. The van der Waals surface area contributed by atoms with Gasteiger partial charge >= 0.3 is 0 Å². The highest BCUT2D eigenvalue weighted by Crippen LogP contribution is 2.28. The van der Waals surface area contributed by atoms with Crippen molar-refractivity contribution in [1.29, 1.82) is 0 Å². The fourth-order valence-electron chi connectivity index (χ4n) is 1.91. The van der Waals surface area contributed by atoms with Crippen LogP contribution < -0.4 is 10.5 Å². The minimum Gasteiger partial charge on any atom is -0.489 e. The van der Waals surface area contributed by atoms with E-state index >= 15 is 0 Å². The summed E-state index contributed by atoms with van der Waals surface area (Å²) in [6, 6.07) is 13.5. The molecule has 0 heterocycles. The molecule has 1 atom stereocenters. The zero-order valence-corrected chi connectivity index (χ0v) is 12.9. The fraction of sp³-hybridized carbons (Fsp3) is 0.250. The maximum absolute atomic E-state index is 9.01. The van der Waals surface area contributed by atoms with Crippen molar-refractivity contribution in [2.45, 2.75) is 26.2 Å². The van der Waals surface area contributed by atoms with Gasteiger partial charge in [0.15, 0.2) is 0 Å². The van der Waals surface area contributed by atoms with E-state index in [1.165, 1.54) is 0 Å². The zero-order valence-electron chi connectivity index (χ0n) is 11.3. The van der Waals surface area contributed by atoms with E-state index in [-0.39, 0.29) is 12.6 Å². The van der Waals surface area contributed by atoms with Crippen molar-refractivity contribution in [2.75, 3.05) is 0 Å². The van der Waals surface area contributed by atoms with E-state index in [0.717, 1.165) is 26.9 Å². The molecule has 1 unspecified atom stereocenters. The molecular formula is C16H18BrNO2. The van der Waals surface area contributed by atoms with Crippen LogP contribution >= 0.6 is 15.9 Å². The van der Waals surface area contributed by atoms with E-state index in [2.05, 4.69) is 15.9 Å². The van der Waals surface area contributed by atoms with Crippen LogP contribution in [0.2, 0.25) is 0 Å². The molecule has 3 N–H and O–H groups in total. The van der Waals surface area contributed by atoms with Gasteiger partial charge in [0.25, 0.3) is 0 Å². The molecule has 0 fully saturated rings. The predicted octanol–water partition coefficient (Wildman–Crippen LogP) is 3.54. The van der Waals surface area contributed by atoms with Gasteiger partial charge in [-0.05, 0) is 36.2 Å². The van der Waals surface area contributed by atoms with Crippen LogP contribution in [0.1, 0.15) is 29.7 Å². The van der Waals surface area contributed by atoms with E-state index in [0.29, 0.717) is 6.61 Å². The highest BCUT2D eigenvalue weighted by Gasteiger charge is 2.09. The summed E-state index contributed by atoms with van der Waals surface area (Å²) in [6.07, 6.45) is 0. The molecular weight excluding hydrogens is 318 g/mol. The SMILES string of the molecule is CC(N)c1cc(Br)ccc1OCc1ccc(CO)cc1. The van der Waals surface area contributed by atoms with Crippen LogP contribution in [0.15, 0.2) is 46.9 Å². The normalized spacial score (nSPS) is 12.2. The van der Waals surface area contributed by atoms with Crippen LogP contribution in [-0.2, 0) is 13.2 Å². The Bertz CT molecular complexity index is 567. The van der Waals surface area contributed by atoms with Crippen LogP contribution in [0.4, 0.5) is 0 Å². The number of benzene rings is 2. The maximum atomic E-state index is 9.01. The smallest absolute Gasteiger partial charge is 0.124 e. The second kappa shape index (κ2) is 6.88. The van der Waals surface area contributed by atoms with Crippen molar-refractivity contribution >= 4 is 15.9 Å². The second-order valence-corrected chi connectivity index (χ2v) is 5.65. The van der Waals surface area contributed by atoms with Gasteiger partial charge in [0.05, 0.1) is 6.61 Å². The Morgan fingerprint density at radius 1 is 1.15 bits per heavy atom. The maximum Gasteiger partial charge on any atom is 0.124 e. The molecule has 3 nitrogen and oxygen atoms in total. The lowest BCUT2D eigenvalue weighted by Gasteiger charge is -2.14. The standard InChI is InChI=1S/C16H18BrNO2/c1-11(18)15-8-14(17)6-7-16(15)20-10-13-4-2-12(9-19)3-5-13/h2-8,11,19H,9-10,18H2,1H3. The van der Waals surface area contributed by atoms with Gasteiger partial charge in [-0.2, -0.15) is 0 Å². The van der Waals surface area contributed by atoms with Crippen molar-refractivity contribution in [1.82, 2.24) is 0 Å². The predicted molar refractivity (Wildman–Crippen MR) is 83.4 cm³/mol. The van der Waals surface area contributed by atoms with Crippen LogP contribution in [0.3, 0.4) is 0 Å². The van der Waals surface area contributed by atoms with E-state index in [4.69, 9.17) is 15.6 Å². The Balaban J connectivity index is 2.10. The van der Waals surface area contributed by atoms with Gasteiger partial charge < -0.3 is 15.6 Å². The van der Waals surface area contributed by atoms with Gasteiger partial charge in [0.1, 0.15) is 12.4 Å². The van der Waals surface area contributed by atoms with Gasteiger partial charge in [-0.25, -0.2) is 0 Å². The van der Waals surface area contributed by atoms with Gasteiger partial charge in [-0.3, -0.25) is 0 Å². The molecule has 0 spiro atoms. The second-order valence-electron chi connectivity index (χ2n) is 4.73. The molecule has 106 valence electrons. The first kappa shape index (κ1) is 15.0. The number of hydrogen-bond donors (Lipinski definition) is 2. The molecule has 0 aliphatic heterocycles. The lowest BCUT2D eigenvalue weighted by Crippen LogP contribution is -2.08. The number of hydrogen-bond acceptors (Lipinski definition) is 3. The minimum absolute atomic E-state index is 0.0582. The average molecular weight is 336 g/mol.